The van der Waals surface area contributed by atoms with Gasteiger partial charge in [0.1, 0.15) is 18.0 Å². The van der Waals surface area contributed by atoms with E-state index in [1.165, 1.54) is 12.8 Å². The van der Waals surface area contributed by atoms with Crippen LogP contribution in [0.5, 0.6) is 0 Å². The lowest BCUT2D eigenvalue weighted by atomic mass is 9.87. The highest BCUT2D eigenvalue weighted by atomic mass is 16.5. The zero-order valence-electron chi connectivity index (χ0n) is 12.3. The summed E-state index contributed by atoms with van der Waals surface area (Å²) in [7, 11) is 0. The lowest BCUT2D eigenvalue weighted by Gasteiger charge is -2.35. The Hall–Kier alpha value is -0.870. The normalized spacial score (nSPS) is 28.1. The van der Waals surface area contributed by atoms with Gasteiger partial charge in [-0.05, 0) is 25.7 Å². The second kappa shape index (κ2) is 7.23. The summed E-state index contributed by atoms with van der Waals surface area (Å²) in [6, 6.07) is 0. The van der Waals surface area contributed by atoms with Crippen LogP contribution in [-0.2, 0) is 9.53 Å². The van der Waals surface area contributed by atoms with Gasteiger partial charge >= 0.3 is 0 Å². The number of unbranched alkanes of at least 4 members (excludes halogenated alkanes) is 3. The molecule has 0 bridgehead atoms. The molecule has 4 nitrogen and oxygen atoms in total. The average molecular weight is 282 g/mol. The minimum atomic E-state index is -0.669. The molecule has 0 spiro atoms. The molecule has 0 fully saturated rings. The fourth-order valence-corrected chi connectivity index (χ4v) is 3.05. The zero-order valence-corrected chi connectivity index (χ0v) is 12.3. The standard InChI is InChI=1S/C16H26O4/c1-2-3-4-5-6-13(18)15-10-7-11-12(17)8-9-14(19)16(11)20-15/h13-15,18-19H,2-10H2,1H3/t13-,14-,15-/m0/s1. The van der Waals surface area contributed by atoms with Gasteiger partial charge in [0.15, 0.2) is 5.78 Å². The van der Waals surface area contributed by atoms with Crippen LogP contribution in [0, 0.1) is 0 Å². The van der Waals surface area contributed by atoms with Gasteiger partial charge in [-0.3, -0.25) is 4.79 Å². The lowest BCUT2D eigenvalue weighted by molar-refractivity contribution is -0.120. The molecule has 20 heavy (non-hydrogen) atoms. The largest absolute Gasteiger partial charge is 0.489 e. The van der Waals surface area contributed by atoms with Crippen LogP contribution < -0.4 is 0 Å². The van der Waals surface area contributed by atoms with Gasteiger partial charge in [0.25, 0.3) is 0 Å². The predicted octanol–water partition coefficient (Wildman–Crippen LogP) is 2.47. The molecule has 0 unspecified atom stereocenters. The molecule has 0 saturated carbocycles. The quantitative estimate of drug-likeness (QED) is 0.734. The first kappa shape index (κ1) is 15.5. The third-order valence-electron chi connectivity index (χ3n) is 4.32. The van der Waals surface area contributed by atoms with Gasteiger partial charge in [-0.2, -0.15) is 0 Å². The van der Waals surface area contributed by atoms with E-state index in [1.807, 2.05) is 0 Å². The Morgan fingerprint density at radius 2 is 2.05 bits per heavy atom. The van der Waals surface area contributed by atoms with E-state index >= 15 is 0 Å². The molecule has 0 aromatic heterocycles. The summed E-state index contributed by atoms with van der Waals surface area (Å²) >= 11 is 0. The van der Waals surface area contributed by atoms with E-state index in [0.717, 1.165) is 19.3 Å². The third kappa shape index (κ3) is 3.61. The maximum atomic E-state index is 11.8. The van der Waals surface area contributed by atoms with E-state index in [-0.39, 0.29) is 11.9 Å². The number of aliphatic hydroxyl groups is 2. The average Bonchev–Trinajstić information content (AvgIpc) is 2.47. The van der Waals surface area contributed by atoms with Crippen molar-refractivity contribution < 1.29 is 19.7 Å². The maximum Gasteiger partial charge on any atom is 0.162 e. The van der Waals surface area contributed by atoms with E-state index in [9.17, 15) is 15.0 Å². The molecule has 3 atom stereocenters. The minimum Gasteiger partial charge on any atom is -0.489 e. The Morgan fingerprint density at radius 3 is 2.80 bits per heavy atom. The van der Waals surface area contributed by atoms with Gasteiger partial charge in [-0.15, -0.1) is 0 Å². The van der Waals surface area contributed by atoms with Crippen molar-refractivity contribution in [2.45, 2.75) is 83.0 Å². The van der Waals surface area contributed by atoms with Crippen molar-refractivity contribution in [1.82, 2.24) is 0 Å². The minimum absolute atomic E-state index is 0.0983. The number of carbonyl (C=O) groups excluding carboxylic acids is 1. The van der Waals surface area contributed by atoms with Crippen molar-refractivity contribution in [3.8, 4) is 0 Å². The molecule has 1 heterocycles. The van der Waals surface area contributed by atoms with E-state index < -0.39 is 12.2 Å². The van der Waals surface area contributed by atoms with E-state index in [1.54, 1.807) is 0 Å². The Kier molecular flexibility index (Phi) is 5.61. The summed E-state index contributed by atoms with van der Waals surface area (Å²) in [6.45, 7) is 2.16. The molecular formula is C16H26O4. The molecule has 0 aromatic rings. The van der Waals surface area contributed by atoms with Gasteiger partial charge in [0.05, 0.1) is 6.10 Å². The number of carbonyl (C=O) groups is 1. The van der Waals surface area contributed by atoms with E-state index in [2.05, 4.69) is 6.92 Å². The van der Waals surface area contributed by atoms with E-state index in [4.69, 9.17) is 4.74 Å². The van der Waals surface area contributed by atoms with Gasteiger partial charge in [-0.1, -0.05) is 32.6 Å². The molecule has 1 aliphatic carbocycles. The van der Waals surface area contributed by atoms with Crippen LogP contribution in [0.25, 0.3) is 0 Å². The summed E-state index contributed by atoms with van der Waals surface area (Å²) in [6.07, 6.45) is 5.97. The number of ketones is 1. The summed E-state index contributed by atoms with van der Waals surface area (Å²) in [5.41, 5.74) is 0.651. The topological polar surface area (TPSA) is 66.8 Å². The van der Waals surface area contributed by atoms with Crippen molar-refractivity contribution in [1.29, 1.82) is 0 Å². The van der Waals surface area contributed by atoms with Crippen molar-refractivity contribution in [3.05, 3.63) is 11.3 Å². The highest BCUT2D eigenvalue weighted by Crippen LogP contribution is 2.34. The fraction of sp³-hybridized carbons (Fsp3) is 0.812. The number of Topliss-reactive ketones (excluding diaryl/α,β-unsaturated/α-hetero) is 1. The molecule has 2 rings (SSSR count). The molecule has 2 N–H and O–H groups in total. The highest BCUT2D eigenvalue weighted by Gasteiger charge is 2.36. The van der Waals surface area contributed by atoms with E-state index in [0.29, 0.717) is 37.0 Å². The number of ether oxygens (including phenoxy) is 1. The van der Waals surface area contributed by atoms with Crippen LogP contribution in [0.15, 0.2) is 11.3 Å². The summed E-state index contributed by atoms with van der Waals surface area (Å²) in [5, 5.41) is 20.2. The zero-order chi connectivity index (χ0) is 14.5. The molecule has 2 aliphatic rings. The van der Waals surface area contributed by atoms with Gasteiger partial charge in [-0.25, -0.2) is 0 Å². The number of allylic oxidation sites excluding steroid dienone is 1. The fourth-order valence-electron chi connectivity index (χ4n) is 3.05. The molecule has 0 aromatic carbocycles. The van der Waals surface area contributed by atoms with Crippen LogP contribution in [0.3, 0.4) is 0 Å². The number of aliphatic hydroxyl groups excluding tert-OH is 2. The van der Waals surface area contributed by atoms with Crippen LogP contribution >= 0.6 is 0 Å². The predicted molar refractivity (Wildman–Crippen MR) is 76.1 cm³/mol. The molecule has 0 saturated heterocycles. The van der Waals surface area contributed by atoms with Gasteiger partial charge in [0.2, 0.25) is 0 Å². The Balaban J connectivity index is 1.89. The Morgan fingerprint density at radius 1 is 1.25 bits per heavy atom. The SMILES string of the molecule is CCCCCC[C@H](O)[C@@H]1CCC2=C(O1)[C@@H](O)CCC2=O. The first-order valence-corrected chi connectivity index (χ1v) is 7.92. The maximum absolute atomic E-state index is 11.8. The first-order chi connectivity index (χ1) is 9.63. The van der Waals surface area contributed by atoms with Gasteiger partial charge in [0, 0.05) is 12.0 Å². The van der Waals surface area contributed by atoms with Crippen LogP contribution in [0.1, 0.15) is 64.7 Å². The monoisotopic (exact) mass is 282 g/mol. The van der Waals surface area contributed by atoms with Crippen LogP contribution in [-0.4, -0.2) is 34.3 Å². The first-order valence-electron chi connectivity index (χ1n) is 7.92. The second-order valence-electron chi connectivity index (χ2n) is 5.93. The van der Waals surface area contributed by atoms with Crippen LogP contribution in [0.4, 0.5) is 0 Å². The number of rotatable bonds is 6. The van der Waals surface area contributed by atoms with Crippen LogP contribution in [0.2, 0.25) is 0 Å². The van der Waals surface area contributed by atoms with Crippen molar-refractivity contribution in [2.24, 2.45) is 0 Å². The molecule has 114 valence electrons. The highest BCUT2D eigenvalue weighted by molar-refractivity contribution is 5.97. The smallest absolute Gasteiger partial charge is 0.162 e. The Bertz CT molecular complexity index is 375. The van der Waals surface area contributed by atoms with Gasteiger partial charge < -0.3 is 14.9 Å². The summed E-state index contributed by atoms with van der Waals surface area (Å²) in [4.78, 5) is 11.8. The second-order valence-corrected chi connectivity index (χ2v) is 5.93. The third-order valence-corrected chi connectivity index (χ3v) is 4.32. The Labute approximate surface area is 120 Å². The van der Waals surface area contributed by atoms with Crippen molar-refractivity contribution in [2.75, 3.05) is 0 Å². The van der Waals surface area contributed by atoms with Crippen molar-refractivity contribution >= 4 is 5.78 Å². The molecule has 0 radical (unpaired) electrons. The number of hydrogen-bond donors (Lipinski definition) is 2. The molecular weight excluding hydrogens is 256 g/mol. The molecule has 0 amide bonds. The lowest BCUT2D eigenvalue weighted by Crippen LogP contribution is -2.37. The van der Waals surface area contributed by atoms with Crippen molar-refractivity contribution in [3.63, 3.8) is 0 Å². The summed E-state index contributed by atoms with van der Waals surface area (Å²) in [5.74, 6) is 0.534. The number of hydrogen-bond acceptors (Lipinski definition) is 4. The molecule has 4 heteroatoms. The molecule has 1 aliphatic heterocycles. The summed E-state index contributed by atoms with van der Waals surface area (Å²) < 4.78 is 5.75.